The van der Waals surface area contributed by atoms with Crippen molar-refractivity contribution in [2.24, 2.45) is 0 Å². The zero-order valence-electron chi connectivity index (χ0n) is 12.0. The van der Waals surface area contributed by atoms with Crippen LogP contribution in [0, 0.1) is 0 Å². The summed E-state index contributed by atoms with van der Waals surface area (Å²) in [7, 11) is 0. The molecule has 0 radical (unpaired) electrons. The molecular weight excluding hydrogens is 313 g/mol. The van der Waals surface area contributed by atoms with Crippen molar-refractivity contribution in [2.45, 2.75) is 6.18 Å². The molecule has 1 fully saturated rings. The summed E-state index contributed by atoms with van der Waals surface area (Å²) in [5.41, 5.74) is -0.515. The molecule has 122 valence electrons. The smallest absolute Gasteiger partial charge is 0.433 e. The van der Waals surface area contributed by atoms with Crippen molar-refractivity contribution in [3.63, 3.8) is 0 Å². The topological polar surface area (TPSA) is 62.5 Å². The molecule has 1 saturated heterocycles. The Hall–Kier alpha value is -2.58. The number of rotatable bonds is 2. The minimum Gasteiger partial charge on any atom is -0.472 e. The number of furan rings is 1. The maximum atomic E-state index is 12.7. The second kappa shape index (κ2) is 5.90. The molecule has 23 heavy (non-hydrogen) atoms. The maximum absolute atomic E-state index is 12.7. The van der Waals surface area contributed by atoms with Gasteiger partial charge in [0.25, 0.3) is 5.91 Å². The quantitative estimate of drug-likeness (QED) is 0.845. The first-order valence-corrected chi connectivity index (χ1v) is 6.91. The number of nitrogens with zero attached hydrogens (tertiary/aromatic N) is 4. The summed E-state index contributed by atoms with van der Waals surface area (Å²) in [4.78, 5) is 22.6. The van der Waals surface area contributed by atoms with Crippen LogP contribution in [0.2, 0.25) is 0 Å². The van der Waals surface area contributed by atoms with Crippen molar-refractivity contribution < 1.29 is 22.4 Å². The largest absolute Gasteiger partial charge is 0.472 e. The van der Waals surface area contributed by atoms with Gasteiger partial charge in [0.05, 0.1) is 11.8 Å². The molecule has 2 aromatic heterocycles. The molecule has 1 amide bonds. The van der Waals surface area contributed by atoms with E-state index in [0.29, 0.717) is 31.7 Å². The summed E-state index contributed by atoms with van der Waals surface area (Å²) in [6, 6.07) is 2.50. The van der Waals surface area contributed by atoms with E-state index in [4.69, 9.17) is 4.42 Å². The van der Waals surface area contributed by atoms with Gasteiger partial charge in [-0.1, -0.05) is 0 Å². The average molecular weight is 326 g/mol. The normalized spacial score (nSPS) is 15.8. The van der Waals surface area contributed by atoms with Crippen LogP contribution in [0.4, 0.5) is 19.0 Å². The summed E-state index contributed by atoms with van der Waals surface area (Å²) >= 11 is 0. The van der Waals surface area contributed by atoms with Gasteiger partial charge in [-0.2, -0.15) is 13.2 Å². The van der Waals surface area contributed by atoms with E-state index in [1.807, 2.05) is 0 Å². The zero-order valence-corrected chi connectivity index (χ0v) is 12.0. The third-order valence-electron chi connectivity index (χ3n) is 3.60. The molecule has 3 rings (SSSR count). The lowest BCUT2D eigenvalue weighted by atomic mass is 10.2. The Bertz CT molecular complexity index is 680. The van der Waals surface area contributed by atoms with Crippen molar-refractivity contribution in [3.05, 3.63) is 42.2 Å². The minimum atomic E-state index is -4.50. The van der Waals surface area contributed by atoms with Crippen LogP contribution in [0.15, 0.2) is 35.4 Å². The molecule has 0 atom stereocenters. The molecule has 0 bridgehead atoms. The van der Waals surface area contributed by atoms with Gasteiger partial charge in [-0.15, -0.1) is 0 Å². The van der Waals surface area contributed by atoms with E-state index in [-0.39, 0.29) is 11.7 Å². The van der Waals surface area contributed by atoms with Crippen LogP contribution in [0.3, 0.4) is 0 Å². The van der Waals surface area contributed by atoms with E-state index >= 15 is 0 Å². The SMILES string of the molecule is O=C(c1ccoc1)N1CCN(c2cc(C(F)(F)F)ncn2)CC1. The van der Waals surface area contributed by atoms with Gasteiger partial charge in [0.2, 0.25) is 0 Å². The van der Waals surface area contributed by atoms with Gasteiger partial charge < -0.3 is 14.2 Å². The third-order valence-corrected chi connectivity index (χ3v) is 3.60. The molecule has 0 aliphatic carbocycles. The fraction of sp³-hybridized carbons (Fsp3) is 0.357. The highest BCUT2D eigenvalue weighted by Crippen LogP contribution is 2.29. The molecule has 6 nitrogen and oxygen atoms in total. The molecule has 3 heterocycles. The number of halogens is 3. The monoisotopic (exact) mass is 326 g/mol. The molecule has 2 aromatic rings. The molecule has 0 unspecified atom stereocenters. The van der Waals surface area contributed by atoms with Gasteiger partial charge in [-0.05, 0) is 6.07 Å². The van der Waals surface area contributed by atoms with Gasteiger partial charge in [-0.25, -0.2) is 9.97 Å². The fourth-order valence-electron chi connectivity index (χ4n) is 2.38. The second-order valence-corrected chi connectivity index (χ2v) is 5.05. The Kier molecular flexibility index (Phi) is 3.93. The summed E-state index contributed by atoms with van der Waals surface area (Å²) in [5.74, 6) is 0.0554. The van der Waals surface area contributed by atoms with Crippen molar-refractivity contribution in [1.82, 2.24) is 14.9 Å². The van der Waals surface area contributed by atoms with Gasteiger partial charge in [0.1, 0.15) is 24.1 Å². The maximum Gasteiger partial charge on any atom is 0.433 e. The van der Waals surface area contributed by atoms with Crippen molar-refractivity contribution in [3.8, 4) is 0 Å². The number of alkyl halides is 3. The number of amides is 1. The number of hydrogen-bond donors (Lipinski definition) is 0. The Balaban J connectivity index is 1.66. The number of anilines is 1. The van der Waals surface area contributed by atoms with Crippen LogP contribution in [0.1, 0.15) is 16.1 Å². The second-order valence-electron chi connectivity index (χ2n) is 5.05. The number of carbonyl (C=O) groups is 1. The van der Waals surface area contributed by atoms with Crippen LogP contribution in [0.5, 0.6) is 0 Å². The summed E-state index contributed by atoms with van der Waals surface area (Å²) < 4.78 is 42.9. The molecule has 0 saturated carbocycles. The highest BCUT2D eigenvalue weighted by molar-refractivity contribution is 5.94. The average Bonchev–Trinajstić information content (AvgIpc) is 3.08. The molecule has 1 aliphatic heterocycles. The Labute approximate surface area is 129 Å². The predicted molar refractivity (Wildman–Crippen MR) is 73.9 cm³/mol. The van der Waals surface area contributed by atoms with Crippen LogP contribution >= 0.6 is 0 Å². The van der Waals surface area contributed by atoms with Crippen LogP contribution < -0.4 is 4.90 Å². The van der Waals surface area contributed by atoms with Gasteiger partial charge in [0.15, 0.2) is 0 Å². The van der Waals surface area contributed by atoms with E-state index in [2.05, 4.69) is 9.97 Å². The van der Waals surface area contributed by atoms with Crippen molar-refractivity contribution in [1.29, 1.82) is 0 Å². The van der Waals surface area contributed by atoms with E-state index in [9.17, 15) is 18.0 Å². The molecule has 9 heteroatoms. The molecular formula is C14H13F3N4O2. The number of piperazine rings is 1. The highest BCUT2D eigenvalue weighted by Gasteiger charge is 2.33. The zero-order chi connectivity index (χ0) is 16.4. The highest BCUT2D eigenvalue weighted by atomic mass is 19.4. The molecule has 0 spiro atoms. The molecule has 1 aliphatic rings. The third kappa shape index (κ3) is 3.27. The van der Waals surface area contributed by atoms with E-state index in [1.165, 1.54) is 12.5 Å². The van der Waals surface area contributed by atoms with Crippen molar-refractivity contribution in [2.75, 3.05) is 31.1 Å². The molecule has 0 aromatic carbocycles. The van der Waals surface area contributed by atoms with Crippen LogP contribution in [-0.2, 0) is 6.18 Å². The lowest BCUT2D eigenvalue weighted by Crippen LogP contribution is -2.49. The Morgan fingerprint density at radius 3 is 2.52 bits per heavy atom. The Morgan fingerprint density at radius 1 is 1.17 bits per heavy atom. The summed E-state index contributed by atoms with van der Waals surface area (Å²) in [6.45, 7) is 1.60. The lowest BCUT2D eigenvalue weighted by molar-refractivity contribution is -0.141. The van der Waals surface area contributed by atoms with Gasteiger partial charge in [-0.3, -0.25) is 4.79 Å². The fourth-order valence-corrected chi connectivity index (χ4v) is 2.38. The lowest BCUT2D eigenvalue weighted by Gasteiger charge is -2.35. The summed E-state index contributed by atoms with van der Waals surface area (Å²) in [6.07, 6.45) is -0.810. The van der Waals surface area contributed by atoms with E-state index in [0.717, 1.165) is 12.4 Å². The first-order chi connectivity index (χ1) is 10.9. The first kappa shape index (κ1) is 15.3. The summed E-state index contributed by atoms with van der Waals surface area (Å²) in [5, 5.41) is 0. The number of aromatic nitrogens is 2. The van der Waals surface area contributed by atoms with Crippen LogP contribution in [0.25, 0.3) is 0 Å². The molecule has 0 N–H and O–H groups in total. The standard InChI is InChI=1S/C14H13F3N4O2/c15-14(16,17)11-7-12(19-9-18-11)20-2-4-21(5-3-20)13(22)10-1-6-23-8-10/h1,6-9H,2-5H2. The van der Waals surface area contributed by atoms with E-state index in [1.54, 1.807) is 15.9 Å². The van der Waals surface area contributed by atoms with Gasteiger partial charge >= 0.3 is 6.18 Å². The van der Waals surface area contributed by atoms with E-state index < -0.39 is 11.9 Å². The number of hydrogen-bond acceptors (Lipinski definition) is 5. The Morgan fingerprint density at radius 2 is 1.91 bits per heavy atom. The van der Waals surface area contributed by atoms with Crippen LogP contribution in [-0.4, -0.2) is 47.0 Å². The predicted octanol–water partition coefficient (Wildman–Crippen LogP) is 2.05. The number of carbonyl (C=O) groups excluding carboxylic acids is 1. The first-order valence-electron chi connectivity index (χ1n) is 6.91. The van der Waals surface area contributed by atoms with Crippen molar-refractivity contribution >= 4 is 11.7 Å². The minimum absolute atomic E-state index is 0.155. The van der Waals surface area contributed by atoms with Gasteiger partial charge in [0, 0.05) is 32.2 Å².